The summed E-state index contributed by atoms with van der Waals surface area (Å²) in [7, 11) is 0. The number of halogens is 3. The van der Waals surface area contributed by atoms with Crippen molar-refractivity contribution in [3.8, 4) is 5.75 Å². The molecule has 0 amide bonds. The fourth-order valence-electron chi connectivity index (χ4n) is 5.97. The van der Waals surface area contributed by atoms with E-state index in [-0.39, 0.29) is 11.7 Å². The van der Waals surface area contributed by atoms with Crippen molar-refractivity contribution in [3.63, 3.8) is 0 Å². The summed E-state index contributed by atoms with van der Waals surface area (Å²) in [5.74, 6) is 0.198. The Balaban J connectivity index is 1.29. The molecule has 4 heteroatoms. The first-order valence-corrected chi connectivity index (χ1v) is 13.0. The molecule has 2 aromatic rings. The third kappa shape index (κ3) is 5.70. The van der Waals surface area contributed by atoms with Crippen molar-refractivity contribution in [2.75, 3.05) is 6.61 Å². The minimum absolute atomic E-state index is 0.113. The molecular weight excluding hydrogens is 433 g/mol. The third-order valence-corrected chi connectivity index (χ3v) is 8.13. The van der Waals surface area contributed by atoms with E-state index in [1.807, 2.05) is 31.2 Å². The first-order valence-electron chi connectivity index (χ1n) is 13.0. The smallest absolute Gasteiger partial charge is 0.165 e. The average Bonchev–Trinajstić information content (AvgIpc) is 2.87. The van der Waals surface area contributed by atoms with Crippen LogP contribution in [-0.2, 0) is 6.42 Å². The minimum atomic E-state index is -0.651. The Morgan fingerprint density at radius 3 is 2.24 bits per heavy atom. The summed E-state index contributed by atoms with van der Waals surface area (Å²) < 4.78 is 49.3. The van der Waals surface area contributed by atoms with Gasteiger partial charge < -0.3 is 4.74 Å². The number of benzene rings is 2. The molecule has 0 N–H and O–H groups in total. The van der Waals surface area contributed by atoms with Gasteiger partial charge in [-0.2, -0.15) is 0 Å². The standard InChI is InChI=1S/C30H37F3O/c1-3-20-5-12-23(13-6-20)26-17-15-24(29(32)30(26)33)14-9-21-7-10-22(11-8-21)25-16-18-28(34-4-2)27(31)19-25/h3,15-23H,1,4-14H2,2H3. The zero-order valence-electron chi connectivity index (χ0n) is 20.3. The highest BCUT2D eigenvalue weighted by Crippen LogP contribution is 2.40. The van der Waals surface area contributed by atoms with Crippen molar-refractivity contribution >= 4 is 0 Å². The molecule has 0 saturated heterocycles. The van der Waals surface area contributed by atoms with Gasteiger partial charge in [-0.1, -0.05) is 24.3 Å². The number of aryl methyl sites for hydroxylation is 1. The number of allylic oxidation sites excluding steroid dienone is 1. The van der Waals surface area contributed by atoms with E-state index < -0.39 is 11.6 Å². The number of hydrogen-bond acceptors (Lipinski definition) is 1. The van der Waals surface area contributed by atoms with Crippen molar-refractivity contribution in [2.24, 2.45) is 11.8 Å². The highest BCUT2D eigenvalue weighted by molar-refractivity contribution is 5.32. The quantitative estimate of drug-likeness (QED) is 0.350. The Labute approximate surface area is 202 Å². The molecule has 2 fully saturated rings. The fourth-order valence-corrected chi connectivity index (χ4v) is 5.97. The van der Waals surface area contributed by atoms with Crippen molar-refractivity contribution in [3.05, 3.63) is 77.1 Å². The van der Waals surface area contributed by atoms with Crippen LogP contribution in [0.2, 0.25) is 0 Å². The largest absolute Gasteiger partial charge is 0.491 e. The van der Waals surface area contributed by atoms with E-state index in [1.54, 1.807) is 12.1 Å². The van der Waals surface area contributed by atoms with Gasteiger partial charge in [0.2, 0.25) is 0 Å². The topological polar surface area (TPSA) is 9.23 Å². The van der Waals surface area contributed by atoms with E-state index >= 15 is 0 Å². The molecule has 2 aromatic carbocycles. The maximum atomic E-state index is 14.9. The number of hydrogen-bond donors (Lipinski definition) is 0. The predicted molar refractivity (Wildman–Crippen MR) is 132 cm³/mol. The molecule has 0 aromatic heterocycles. The van der Waals surface area contributed by atoms with Gasteiger partial charge in [0, 0.05) is 0 Å². The van der Waals surface area contributed by atoms with E-state index in [4.69, 9.17) is 4.74 Å². The minimum Gasteiger partial charge on any atom is -0.491 e. The molecule has 0 heterocycles. The molecule has 0 unspecified atom stereocenters. The van der Waals surface area contributed by atoms with E-state index in [9.17, 15) is 13.2 Å². The predicted octanol–water partition coefficient (Wildman–Crippen LogP) is 8.87. The highest BCUT2D eigenvalue weighted by atomic mass is 19.2. The lowest BCUT2D eigenvalue weighted by Gasteiger charge is -2.29. The van der Waals surface area contributed by atoms with Crippen LogP contribution in [0.25, 0.3) is 0 Å². The van der Waals surface area contributed by atoms with Crippen LogP contribution >= 0.6 is 0 Å². The molecule has 2 saturated carbocycles. The van der Waals surface area contributed by atoms with E-state index in [0.29, 0.717) is 47.7 Å². The van der Waals surface area contributed by atoms with E-state index in [1.165, 1.54) is 0 Å². The molecule has 184 valence electrons. The van der Waals surface area contributed by atoms with Gasteiger partial charge in [-0.15, -0.1) is 6.58 Å². The second-order valence-corrected chi connectivity index (χ2v) is 10.2. The molecule has 4 rings (SSSR count). The molecule has 1 nitrogen and oxygen atoms in total. The Hall–Kier alpha value is -2.23. The van der Waals surface area contributed by atoms with Gasteiger partial charge in [0.05, 0.1) is 6.61 Å². The second-order valence-electron chi connectivity index (χ2n) is 10.2. The molecule has 0 spiro atoms. The third-order valence-electron chi connectivity index (χ3n) is 8.13. The zero-order valence-corrected chi connectivity index (χ0v) is 20.3. The van der Waals surface area contributed by atoms with Gasteiger partial charge in [0.15, 0.2) is 23.2 Å². The number of rotatable bonds is 8. The lowest BCUT2D eigenvalue weighted by atomic mass is 9.76. The molecule has 0 radical (unpaired) electrons. The molecular formula is C30H37F3O. The fraction of sp³-hybridized carbons (Fsp3) is 0.533. The van der Waals surface area contributed by atoms with Gasteiger partial charge >= 0.3 is 0 Å². The second kappa shape index (κ2) is 11.5. The van der Waals surface area contributed by atoms with Crippen LogP contribution in [-0.4, -0.2) is 6.61 Å². The summed E-state index contributed by atoms with van der Waals surface area (Å²) in [5, 5.41) is 0. The Morgan fingerprint density at radius 2 is 1.59 bits per heavy atom. The maximum Gasteiger partial charge on any atom is 0.165 e. The van der Waals surface area contributed by atoms with Crippen LogP contribution in [0.15, 0.2) is 43.0 Å². The monoisotopic (exact) mass is 470 g/mol. The summed E-state index contributed by atoms with van der Waals surface area (Å²) in [6.45, 7) is 6.16. The average molecular weight is 471 g/mol. The summed E-state index contributed by atoms with van der Waals surface area (Å²) in [6, 6.07) is 8.94. The van der Waals surface area contributed by atoms with Gasteiger partial charge in [-0.3, -0.25) is 0 Å². The molecule has 34 heavy (non-hydrogen) atoms. The van der Waals surface area contributed by atoms with Crippen molar-refractivity contribution < 1.29 is 17.9 Å². The van der Waals surface area contributed by atoms with Gasteiger partial charge in [-0.25, -0.2) is 13.2 Å². The highest BCUT2D eigenvalue weighted by Gasteiger charge is 2.26. The van der Waals surface area contributed by atoms with Crippen LogP contribution < -0.4 is 4.74 Å². The van der Waals surface area contributed by atoms with Crippen LogP contribution in [0.3, 0.4) is 0 Å². The zero-order chi connectivity index (χ0) is 24.1. The van der Waals surface area contributed by atoms with Crippen LogP contribution in [0.1, 0.15) is 93.2 Å². The maximum absolute atomic E-state index is 14.9. The molecule has 0 bridgehead atoms. The Kier molecular flexibility index (Phi) is 8.39. The van der Waals surface area contributed by atoms with Crippen LogP contribution in [0.4, 0.5) is 13.2 Å². The Bertz CT molecular complexity index is 969. The van der Waals surface area contributed by atoms with E-state index in [0.717, 1.165) is 63.4 Å². The molecule has 2 aliphatic carbocycles. The Morgan fingerprint density at radius 1 is 0.882 bits per heavy atom. The van der Waals surface area contributed by atoms with Gasteiger partial charge in [0.25, 0.3) is 0 Å². The SMILES string of the molecule is C=CC1CCC(c2ccc(CCC3CCC(c4ccc(OCC)c(F)c4)CC3)c(F)c2F)CC1. The van der Waals surface area contributed by atoms with E-state index in [2.05, 4.69) is 6.58 Å². The lowest BCUT2D eigenvalue weighted by Crippen LogP contribution is -2.15. The molecule has 2 aliphatic rings. The first kappa shape index (κ1) is 24.9. The summed E-state index contributed by atoms with van der Waals surface area (Å²) in [5.41, 5.74) is 2.08. The summed E-state index contributed by atoms with van der Waals surface area (Å²) in [6.07, 6.45) is 11.3. The van der Waals surface area contributed by atoms with Gasteiger partial charge in [-0.05, 0) is 124 Å². The number of ether oxygens (including phenoxy) is 1. The lowest BCUT2D eigenvalue weighted by molar-refractivity contribution is 0.306. The molecule has 0 aliphatic heterocycles. The van der Waals surface area contributed by atoms with Crippen LogP contribution in [0, 0.1) is 29.3 Å². The van der Waals surface area contributed by atoms with Gasteiger partial charge in [0.1, 0.15) is 0 Å². The normalized spacial score (nSPS) is 25.2. The van der Waals surface area contributed by atoms with Crippen molar-refractivity contribution in [2.45, 2.75) is 83.0 Å². The summed E-state index contributed by atoms with van der Waals surface area (Å²) in [4.78, 5) is 0. The molecule has 0 atom stereocenters. The van der Waals surface area contributed by atoms with Crippen molar-refractivity contribution in [1.82, 2.24) is 0 Å². The summed E-state index contributed by atoms with van der Waals surface area (Å²) >= 11 is 0. The van der Waals surface area contributed by atoms with Crippen molar-refractivity contribution in [1.29, 1.82) is 0 Å². The van der Waals surface area contributed by atoms with Crippen LogP contribution in [0.5, 0.6) is 5.75 Å². The first-order chi connectivity index (χ1) is 16.5.